The van der Waals surface area contributed by atoms with Gasteiger partial charge in [0.15, 0.2) is 0 Å². The highest BCUT2D eigenvalue weighted by Gasteiger charge is 2.44. The number of alkyl halides is 3. The first kappa shape index (κ1) is 24.6. The van der Waals surface area contributed by atoms with E-state index in [2.05, 4.69) is 10.2 Å². The standard InChI is InChI=1S/C27H31F3N4O2/c1-32-13-14-34(24(17-32)18-5-3-2-4-6-18)26(36)22-10-9-21(31-25(35)19-7-8-19)15-23(22)33-12-11-20(16-33)27(28,29)30/h2-6,9-10,15,19-20,24H,7-8,11-14,16-17H2,1H3,(H,31,35). The van der Waals surface area contributed by atoms with Gasteiger partial charge in [0, 0.05) is 44.3 Å². The van der Waals surface area contributed by atoms with Crippen molar-refractivity contribution in [2.45, 2.75) is 31.5 Å². The molecule has 2 amide bonds. The molecule has 3 aliphatic rings. The van der Waals surface area contributed by atoms with Crippen molar-refractivity contribution in [1.29, 1.82) is 0 Å². The number of carbonyl (C=O) groups excluding carboxylic acids is 2. The number of hydrogen-bond donors (Lipinski definition) is 1. The summed E-state index contributed by atoms with van der Waals surface area (Å²) >= 11 is 0. The lowest BCUT2D eigenvalue weighted by Gasteiger charge is -2.41. The average molecular weight is 501 g/mol. The van der Waals surface area contributed by atoms with Crippen LogP contribution in [-0.4, -0.2) is 67.6 Å². The quantitative estimate of drug-likeness (QED) is 0.655. The number of benzene rings is 2. The van der Waals surface area contributed by atoms with Crippen LogP contribution < -0.4 is 10.2 Å². The second-order valence-corrected chi connectivity index (χ2v) is 10.2. The molecule has 1 saturated carbocycles. The second-order valence-electron chi connectivity index (χ2n) is 10.2. The first-order valence-electron chi connectivity index (χ1n) is 12.5. The number of hydrogen-bond acceptors (Lipinski definition) is 4. The number of anilines is 2. The summed E-state index contributed by atoms with van der Waals surface area (Å²) in [5.41, 5.74) is 2.34. The number of nitrogens with one attached hydrogen (secondary N) is 1. The minimum Gasteiger partial charge on any atom is -0.370 e. The zero-order valence-corrected chi connectivity index (χ0v) is 20.3. The van der Waals surface area contributed by atoms with E-state index in [0.717, 1.165) is 18.4 Å². The molecule has 0 spiro atoms. The molecule has 2 unspecified atom stereocenters. The van der Waals surface area contributed by atoms with Gasteiger partial charge in [-0.3, -0.25) is 9.59 Å². The van der Waals surface area contributed by atoms with Crippen molar-refractivity contribution in [3.8, 4) is 0 Å². The molecule has 9 heteroatoms. The van der Waals surface area contributed by atoms with E-state index in [1.165, 1.54) is 0 Å². The summed E-state index contributed by atoms with van der Waals surface area (Å²) in [4.78, 5) is 31.9. The molecule has 0 radical (unpaired) electrons. The monoisotopic (exact) mass is 500 g/mol. The van der Waals surface area contributed by atoms with Crippen molar-refractivity contribution in [2.75, 3.05) is 50.0 Å². The largest absolute Gasteiger partial charge is 0.393 e. The van der Waals surface area contributed by atoms with Gasteiger partial charge in [0.1, 0.15) is 0 Å². The van der Waals surface area contributed by atoms with Crippen molar-refractivity contribution < 1.29 is 22.8 Å². The van der Waals surface area contributed by atoms with Crippen molar-refractivity contribution in [2.24, 2.45) is 11.8 Å². The normalized spacial score (nSPS) is 23.1. The highest BCUT2D eigenvalue weighted by Crippen LogP contribution is 2.39. The summed E-state index contributed by atoms with van der Waals surface area (Å²) in [5, 5.41) is 2.88. The molecule has 2 heterocycles. The molecule has 192 valence electrons. The smallest absolute Gasteiger partial charge is 0.370 e. The van der Waals surface area contributed by atoms with Gasteiger partial charge in [0.05, 0.1) is 23.2 Å². The number of halogens is 3. The van der Waals surface area contributed by atoms with E-state index in [1.54, 1.807) is 23.1 Å². The van der Waals surface area contributed by atoms with Gasteiger partial charge in [-0.15, -0.1) is 0 Å². The summed E-state index contributed by atoms with van der Waals surface area (Å²) in [6, 6.07) is 14.6. The van der Waals surface area contributed by atoms with Crippen LogP contribution in [0, 0.1) is 11.8 Å². The van der Waals surface area contributed by atoms with Gasteiger partial charge in [-0.1, -0.05) is 30.3 Å². The van der Waals surface area contributed by atoms with Crippen LogP contribution in [0.4, 0.5) is 24.5 Å². The van der Waals surface area contributed by atoms with Crippen LogP contribution in [0.1, 0.15) is 41.2 Å². The van der Waals surface area contributed by atoms with Crippen molar-refractivity contribution >= 4 is 23.2 Å². The molecule has 2 saturated heterocycles. The maximum absolute atomic E-state index is 14.0. The topological polar surface area (TPSA) is 55.9 Å². The number of carbonyl (C=O) groups is 2. The predicted molar refractivity (Wildman–Crippen MR) is 132 cm³/mol. The summed E-state index contributed by atoms with van der Waals surface area (Å²) in [5.74, 6) is -1.74. The molecule has 2 aromatic carbocycles. The number of nitrogens with zero attached hydrogens (tertiary/aromatic N) is 3. The summed E-state index contributed by atoms with van der Waals surface area (Å²) < 4.78 is 40.4. The lowest BCUT2D eigenvalue weighted by Crippen LogP contribution is -2.49. The molecule has 2 aliphatic heterocycles. The van der Waals surface area contributed by atoms with Gasteiger partial charge in [-0.25, -0.2) is 0 Å². The molecule has 0 bridgehead atoms. The molecule has 6 nitrogen and oxygen atoms in total. The van der Waals surface area contributed by atoms with Crippen LogP contribution >= 0.6 is 0 Å². The first-order valence-corrected chi connectivity index (χ1v) is 12.5. The third kappa shape index (κ3) is 5.21. The maximum atomic E-state index is 14.0. The molecule has 2 atom stereocenters. The molecule has 5 rings (SSSR count). The molecule has 3 fully saturated rings. The Morgan fingerprint density at radius 1 is 0.944 bits per heavy atom. The molecular weight excluding hydrogens is 469 g/mol. The second kappa shape index (κ2) is 9.76. The van der Waals surface area contributed by atoms with Crippen LogP contribution in [0.2, 0.25) is 0 Å². The number of likely N-dealkylation sites (N-methyl/N-ethyl adjacent to an activating group) is 1. The minimum absolute atomic E-state index is 0.00637. The highest BCUT2D eigenvalue weighted by molar-refractivity contribution is 6.02. The Morgan fingerprint density at radius 3 is 2.36 bits per heavy atom. The van der Waals surface area contributed by atoms with Crippen LogP contribution in [0.3, 0.4) is 0 Å². The lowest BCUT2D eigenvalue weighted by molar-refractivity contribution is -0.168. The van der Waals surface area contributed by atoms with Crippen LogP contribution in [0.25, 0.3) is 0 Å². The van der Waals surface area contributed by atoms with E-state index < -0.39 is 12.1 Å². The molecule has 36 heavy (non-hydrogen) atoms. The maximum Gasteiger partial charge on any atom is 0.393 e. The van der Waals surface area contributed by atoms with Crippen LogP contribution in [-0.2, 0) is 4.79 Å². The van der Waals surface area contributed by atoms with Gasteiger partial charge in [-0.2, -0.15) is 13.2 Å². The summed E-state index contributed by atoms with van der Waals surface area (Å²) in [6.07, 6.45) is -2.61. The number of piperazine rings is 1. The van der Waals surface area contributed by atoms with Gasteiger partial charge < -0.3 is 20.0 Å². The number of amides is 2. The fourth-order valence-corrected chi connectivity index (χ4v) is 5.17. The summed E-state index contributed by atoms with van der Waals surface area (Å²) in [6.45, 7) is 1.89. The van der Waals surface area contributed by atoms with E-state index in [4.69, 9.17) is 0 Å². The van der Waals surface area contributed by atoms with Gasteiger partial charge in [0.2, 0.25) is 5.91 Å². The SMILES string of the molecule is CN1CCN(C(=O)c2ccc(NC(=O)C3CC3)cc2N2CCC(C(F)(F)F)C2)C(c2ccccc2)C1. The van der Waals surface area contributed by atoms with Gasteiger partial charge in [-0.05, 0) is 50.1 Å². The molecule has 1 N–H and O–H groups in total. The van der Waals surface area contributed by atoms with E-state index >= 15 is 0 Å². The third-order valence-corrected chi connectivity index (χ3v) is 7.46. The fraction of sp³-hybridized carbons (Fsp3) is 0.481. The molecular formula is C27H31F3N4O2. The van der Waals surface area contributed by atoms with Crippen molar-refractivity contribution in [1.82, 2.24) is 9.80 Å². The Bertz CT molecular complexity index is 1120. The zero-order valence-electron chi connectivity index (χ0n) is 20.3. The molecule has 2 aromatic rings. The van der Waals surface area contributed by atoms with Crippen molar-refractivity contribution in [3.63, 3.8) is 0 Å². The van der Waals surface area contributed by atoms with E-state index in [9.17, 15) is 22.8 Å². The Labute approximate surface area is 209 Å². The zero-order chi connectivity index (χ0) is 25.4. The highest BCUT2D eigenvalue weighted by atomic mass is 19.4. The fourth-order valence-electron chi connectivity index (χ4n) is 5.17. The Hall–Kier alpha value is -3.07. The Kier molecular flexibility index (Phi) is 6.68. The van der Waals surface area contributed by atoms with E-state index in [1.807, 2.05) is 42.3 Å². The van der Waals surface area contributed by atoms with E-state index in [-0.39, 0.29) is 43.3 Å². The lowest BCUT2D eigenvalue weighted by atomic mass is 10.0. The third-order valence-electron chi connectivity index (χ3n) is 7.46. The van der Waals surface area contributed by atoms with Crippen molar-refractivity contribution in [3.05, 3.63) is 59.7 Å². The minimum atomic E-state index is -4.29. The predicted octanol–water partition coefficient (Wildman–Crippen LogP) is 4.55. The molecule has 0 aromatic heterocycles. The number of rotatable bonds is 5. The average Bonchev–Trinajstić information content (AvgIpc) is 3.59. The summed E-state index contributed by atoms with van der Waals surface area (Å²) in [7, 11) is 2.02. The van der Waals surface area contributed by atoms with Crippen LogP contribution in [0.15, 0.2) is 48.5 Å². The Balaban J connectivity index is 1.47. The Morgan fingerprint density at radius 2 is 1.69 bits per heavy atom. The molecule has 1 aliphatic carbocycles. The van der Waals surface area contributed by atoms with E-state index in [0.29, 0.717) is 36.6 Å². The van der Waals surface area contributed by atoms with Gasteiger partial charge >= 0.3 is 6.18 Å². The first-order chi connectivity index (χ1) is 17.2. The van der Waals surface area contributed by atoms with Gasteiger partial charge in [0.25, 0.3) is 5.91 Å². The van der Waals surface area contributed by atoms with Crippen LogP contribution in [0.5, 0.6) is 0 Å².